The molecule has 0 aromatic rings. The third-order valence-corrected chi connectivity index (χ3v) is 2.72. The van der Waals surface area contributed by atoms with E-state index in [2.05, 4.69) is 0 Å². The molecule has 0 spiro atoms. The molecule has 10 nitrogen and oxygen atoms in total. The van der Waals surface area contributed by atoms with Crippen LogP contribution in [0.5, 0.6) is 0 Å². The van der Waals surface area contributed by atoms with Crippen LogP contribution in [0.1, 0.15) is 13.3 Å². The van der Waals surface area contributed by atoms with E-state index in [4.69, 9.17) is 10.2 Å². The van der Waals surface area contributed by atoms with Gasteiger partial charge < -0.3 is 36.0 Å². The first-order chi connectivity index (χ1) is 9.61. The molecule has 0 heterocycles. The maximum Gasteiger partial charge on any atom is 0.372 e. The molecule has 0 saturated heterocycles. The minimum Gasteiger partial charge on any atom is -0.475 e. The van der Waals surface area contributed by atoms with E-state index in [-0.39, 0.29) is 0 Å². The van der Waals surface area contributed by atoms with Crippen molar-refractivity contribution >= 4 is 17.7 Å². The number of carboxylic acids is 1. The molecule has 0 aliphatic carbocycles. The first-order valence-corrected chi connectivity index (χ1v) is 5.98. The zero-order chi connectivity index (χ0) is 16.7. The van der Waals surface area contributed by atoms with Crippen molar-refractivity contribution in [1.29, 1.82) is 0 Å². The molecule has 7 N–H and O–H groups in total. The average Bonchev–Trinajstić information content (AvgIpc) is 2.41. The highest BCUT2D eigenvalue weighted by molar-refractivity contribution is 6.32. The second-order valence-corrected chi connectivity index (χ2v) is 4.46. The predicted molar refractivity (Wildman–Crippen MR) is 66.0 cm³/mol. The Bertz CT molecular complexity index is 386. The summed E-state index contributed by atoms with van der Waals surface area (Å²) >= 11 is 0. The lowest BCUT2D eigenvalue weighted by Gasteiger charge is -2.32. The fourth-order valence-corrected chi connectivity index (χ4v) is 1.60. The van der Waals surface area contributed by atoms with E-state index in [1.807, 2.05) is 5.32 Å². The summed E-state index contributed by atoms with van der Waals surface area (Å²) in [6, 6.07) is -1.61. The molecule has 1 amide bonds. The lowest BCUT2D eigenvalue weighted by Crippen LogP contribution is -2.57. The lowest BCUT2D eigenvalue weighted by atomic mass is 10.1. The summed E-state index contributed by atoms with van der Waals surface area (Å²) in [5.74, 6) is -3.89. The first kappa shape index (κ1) is 19.4. The molecule has 0 radical (unpaired) electrons. The maximum atomic E-state index is 11.0. The van der Waals surface area contributed by atoms with E-state index >= 15 is 0 Å². The molecule has 0 aliphatic heterocycles. The van der Waals surface area contributed by atoms with E-state index in [1.165, 1.54) is 0 Å². The van der Waals surface area contributed by atoms with Crippen LogP contribution in [0.2, 0.25) is 0 Å². The van der Waals surface area contributed by atoms with Crippen LogP contribution in [-0.2, 0) is 14.4 Å². The number of amides is 1. The number of hydrogen-bond donors (Lipinski definition) is 7. The smallest absolute Gasteiger partial charge is 0.372 e. The Hall–Kier alpha value is -1.59. The highest BCUT2D eigenvalue weighted by Gasteiger charge is 2.37. The molecule has 0 rings (SSSR count). The Morgan fingerprint density at radius 2 is 1.67 bits per heavy atom. The fraction of sp³-hybridized carbons (Fsp3) is 0.727. The van der Waals surface area contributed by atoms with Crippen LogP contribution in [0.3, 0.4) is 0 Å². The number of Topliss-reactive ketones (excluding diaryl/α,β-unsaturated/α-hetero) is 1. The molecule has 0 bridgehead atoms. The number of hydrogen-bond acceptors (Lipinski definition) is 8. The van der Waals surface area contributed by atoms with Gasteiger partial charge in [-0.3, -0.25) is 9.59 Å². The maximum absolute atomic E-state index is 11.0. The first-order valence-electron chi connectivity index (χ1n) is 5.98. The second kappa shape index (κ2) is 8.64. The molecule has 0 saturated carbocycles. The van der Waals surface area contributed by atoms with Crippen molar-refractivity contribution in [3.63, 3.8) is 0 Å². The molecule has 0 unspecified atom stereocenters. The Morgan fingerprint density at radius 1 is 1.14 bits per heavy atom. The summed E-state index contributed by atoms with van der Waals surface area (Å²) < 4.78 is 0. The summed E-state index contributed by atoms with van der Waals surface area (Å²) in [5.41, 5.74) is 0. The number of aliphatic hydroxyl groups excluding tert-OH is 5. The van der Waals surface area contributed by atoms with Crippen LogP contribution in [0.4, 0.5) is 0 Å². The fourth-order valence-electron chi connectivity index (χ4n) is 1.60. The van der Waals surface area contributed by atoms with Crippen LogP contribution >= 0.6 is 0 Å². The number of carboxylic acid groups (broad SMARTS) is 1. The summed E-state index contributed by atoms with van der Waals surface area (Å²) in [4.78, 5) is 32.4. The zero-order valence-electron chi connectivity index (χ0n) is 11.2. The largest absolute Gasteiger partial charge is 0.475 e. The standard InChI is InChI=1S/C11H19NO9/c1-4(14)12-8(5(15)2-6(16)11(20)21)10(19)9(18)7(17)3-13/h5,7-10,13,15,17-19H,2-3H2,1H3,(H,12,14)(H,20,21)/t5-,7+,8+,9+,10+/m0/s1/i10+2. The van der Waals surface area contributed by atoms with Gasteiger partial charge >= 0.3 is 5.97 Å². The Morgan fingerprint density at radius 3 is 2.05 bits per heavy atom. The van der Waals surface area contributed by atoms with Gasteiger partial charge in [0.05, 0.1) is 18.8 Å². The molecule has 5 atom stereocenters. The second-order valence-electron chi connectivity index (χ2n) is 4.46. The van der Waals surface area contributed by atoms with E-state index in [0.717, 1.165) is 6.92 Å². The molecular weight excluding hydrogens is 292 g/mol. The quantitative estimate of drug-likeness (QED) is 0.208. The highest BCUT2D eigenvalue weighted by atomic mass is 16.5. The van der Waals surface area contributed by atoms with Crippen molar-refractivity contribution in [2.24, 2.45) is 0 Å². The summed E-state index contributed by atoms with van der Waals surface area (Å²) in [6.45, 7) is 0.134. The van der Waals surface area contributed by atoms with Gasteiger partial charge in [-0.05, 0) is 0 Å². The monoisotopic (exact) mass is 311 g/mol. The van der Waals surface area contributed by atoms with Crippen LogP contribution in [0.25, 0.3) is 0 Å². The van der Waals surface area contributed by atoms with Crippen LogP contribution in [0, 0.1) is 0 Å². The van der Waals surface area contributed by atoms with Crippen LogP contribution < -0.4 is 5.32 Å². The number of nitrogens with one attached hydrogen (secondary N) is 1. The van der Waals surface area contributed by atoms with E-state index in [0.29, 0.717) is 0 Å². The number of carbonyl (C=O) groups is 3. The SMILES string of the molecule is CC(=O)N[C@H]([C@@H](O)CC(=O)C(=O)O)[14C@@H](O)[C@H](O)[C@H](O)CO. The van der Waals surface area contributed by atoms with Crippen LogP contribution in [-0.4, -0.2) is 85.4 Å². The number of aliphatic carboxylic acids is 1. The number of rotatable bonds is 9. The Kier molecular flexibility index (Phi) is 7.99. The lowest BCUT2D eigenvalue weighted by molar-refractivity contribution is -0.151. The molecule has 122 valence electrons. The van der Waals surface area contributed by atoms with Gasteiger partial charge in [-0.2, -0.15) is 0 Å². The number of ketones is 1. The topological polar surface area (TPSA) is 185 Å². The normalized spacial score (nSPS) is 18.2. The summed E-state index contributed by atoms with van der Waals surface area (Å²) in [6.07, 6.45) is -8.35. The van der Waals surface area contributed by atoms with Gasteiger partial charge in [0.15, 0.2) is 0 Å². The van der Waals surface area contributed by atoms with Crippen molar-refractivity contribution in [2.45, 2.75) is 43.8 Å². The molecule has 0 aromatic carbocycles. The van der Waals surface area contributed by atoms with Crippen molar-refractivity contribution in [3.05, 3.63) is 0 Å². The van der Waals surface area contributed by atoms with Crippen molar-refractivity contribution in [1.82, 2.24) is 5.32 Å². The van der Waals surface area contributed by atoms with Gasteiger partial charge in [0.25, 0.3) is 0 Å². The Balaban J connectivity index is 5.04. The predicted octanol–water partition coefficient (Wildman–Crippen LogP) is -4.03. The Labute approximate surface area is 119 Å². The van der Waals surface area contributed by atoms with E-state index < -0.39 is 61.1 Å². The van der Waals surface area contributed by atoms with Crippen molar-refractivity contribution < 1.29 is 45.0 Å². The minimum absolute atomic E-state index is 0.730. The third-order valence-electron chi connectivity index (χ3n) is 2.72. The van der Waals surface area contributed by atoms with Gasteiger partial charge in [-0.25, -0.2) is 4.79 Å². The summed E-state index contributed by atoms with van der Waals surface area (Å²) in [7, 11) is 0. The zero-order valence-corrected chi connectivity index (χ0v) is 11.2. The van der Waals surface area contributed by atoms with Gasteiger partial charge in [0.2, 0.25) is 11.7 Å². The highest BCUT2D eigenvalue weighted by Crippen LogP contribution is 2.11. The van der Waals surface area contributed by atoms with Gasteiger partial charge in [-0.15, -0.1) is 0 Å². The molecule has 21 heavy (non-hydrogen) atoms. The van der Waals surface area contributed by atoms with Gasteiger partial charge in [-0.1, -0.05) is 0 Å². The molecular formula is C11H19NO9. The minimum atomic E-state index is -1.94. The summed E-state index contributed by atoms with van der Waals surface area (Å²) in [5, 5.41) is 57.4. The van der Waals surface area contributed by atoms with Crippen molar-refractivity contribution in [3.8, 4) is 0 Å². The van der Waals surface area contributed by atoms with E-state index in [9.17, 15) is 34.8 Å². The average molecular weight is 311 g/mol. The van der Waals surface area contributed by atoms with Gasteiger partial charge in [0.1, 0.15) is 18.3 Å². The third kappa shape index (κ3) is 6.14. The van der Waals surface area contributed by atoms with E-state index in [1.54, 1.807) is 0 Å². The molecule has 10 heteroatoms. The van der Waals surface area contributed by atoms with Gasteiger partial charge in [0, 0.05) is 13.3 Å². The number of aliphatic hydroxyl groups is 5. The molecule has 0 aliphatic rings. The molecule has 0 aromatic heterocycles. The molecule has 0 fully saturated rings. The van der Waals surface area contributed by atoms with Crippen LogP contribution in [0.15, 0.2) is 0 Å². The number of carbonyl (C=O) groups excluding carboxylic acids is 2. The van der Waals surface area contributed by atoms with Crippen molar-refractivity contribution in [2.75, 3.05) is 6.61 Å².